The fourth-order valence-corrected chi connectivity index (χ4v) is 1.72. The highest BCUT2D eigenvalue weighted by Crippen LogP contribution is 2.18. The molecule has 0 spiro atoms. The van der Waals surface area contributed by atoms with Crippen LogP contribution in [-0.4, -0.2) is 31.3 Å². The van der Waals surface area contributed by atoms with E-state index in [0.29, 0.717) is 0 Å². The van der Waals surface area contributed by atoms with Crippen LogP contribution >= 0.6 is 0 Å². The Kier molecular flexibility index (Phi) is 4.04. The summed E-state index contributed by atoms with van der Waals surface area (Å²) in [5.41, 5.74) is 2.33. The van der Waals surface area contributed by atoms with E-state index in [1.165, 1.54) is 5.56 Å². The van der Waals surface area contributed by atoms with E-state index in [0.717, 1.165) is 12.1 Å². The van der Waals surface area contributed by atoms with Crippen LogP contribution in [0.4, 0.5) is 0 Å². The Morgan fingerprint density at radius 3 is 2.53 bits per heavy atom. The fraction of sp³-hybridized carbons (Fsp3) is 0.462. The third-order valence-corrected chi connectivity index (χ3v) is 2.48. The van der Waals surface area contributed by atoms with Gasteiger partial charge in [0, 0.05) is 6.54 Å². The topological polar surface area (TPSA) is 20.3 Å². The Bertz CT molecular complexity index is 344. The predicted octanol–water partition coefficient (Wildman–Crippen LogP) is 2.23. The lowest BCUT2D eigenvalue weighted by Gasteiger charge is -2.19. The Hall–Kier alpha value is -1.15. The lowest BCUT2D eigenvalue weighted by atomic mass is 9.94. The number of nitrogens with zero attached hydrogens (tertiary/aromatic N) is 1. The molecular formula is C13H19NO. The molecule has 2 nitrogen and oxygen atoms in total. The van der Waals surface area contributed by atoms with Crippen molar-refractivity contribution in [3.8, 4) is 0 Å². The van der Waals surface area contributed by atoms with Gasteiger partial charge in [0.25, 0.3) is 0 Å². The van der Waals surface area contributed by atoms with E-state index in [9.17, 15) is 4.79 Å². The molecule has 0 heterocycles. The molecule has 0 aliphatic heterocycles. The Morgan fingerprint density at radius 1 is 1.40 bits per heavy atom. The number of hydrogen-bond acceptors (Lipinski definition) is 2. The maximum absolute atomic E-state index is 11.6. The van der Waals surface area contributed by atoms with Crippen molar-refractivity contribution in [1.29, 1.82) is 0 Å². The van der Waals surface area contributed by atoms with E-state index in [1.807, 2.05) is 26.2 Å². The molecule has 0 saturated heterocycles. The lowest BCUT2D eigenvalue weighted by Crippen LogP contribution is -2.24. The number of carbonyl (C=O) groups is 1. The second-order valence-corrected chi connectivity index (χ2v) is 4.34. The molecule has 0 bridgehead atoms. The summed E-state index contributed by atoms with van der Waals surface area (Å²) in [4.78, 5) is 13.6. The minimum Gasteiger partial charge on any atom is -0.308 e. The number of Topliss-reactive ketones (excluding diaryl/α,β-unsaturated/α-hetero) is 1. The number of benzene rings is 1. The molecule has 2 heteroatoms. The van der Waals surface area contributed by atoms with Crippen LogP contribution in [0.15, 0.2) is 24.3 Å². The van der Waals surface area contributed by atoms with Gasteiger partial charge in [-0.05, 0) is 33.5 Å². The number of rotatable bonds is 4. The van der Waals surface area contributed by atoms with Crippen LogP contribution in [0.3, 0.4) is 0 Å². The number of hydrogen-bond donors (Lipinski definition) is 0. The van der Waals surface area contributed by atoms with Crippen molar-refractivity contribution in [2.45, 2.75) is 19.8 Å². The monoisotopic (exact) mass is 205 g/mol. The van der Waals surface area contributed by atoms with Crippen LogP contribution in [0.1, 0.15) is 24.0 Å². The largest absolute Gasteiger partial charge is 0.308 e. The summed E-state index contributed by atoms with van der Waals surface area (Å²) in [7, 11) is 3.98. The fourth-order valence-electron chi connectivity index (χ4n) is 1.72. The molecule has 1 atom stereocenters. The Morgan fingerprint density at radius 2 is 2.07 bits per heavy atom. The van der Waals surface area contributed by atoms with Crippen molar-refractivity contribution in [2.24, 2.45) is 0 Å². The first kappa shape index (κ1) is 11.9. The molecule has 0 N–H and O–H groups in total. The van der Waals surface area contributed by atoms with Crippen molar-refractivity contribution in [3.63, 3.8) is 0 Å². The van der Waals surface area contributed by atoms with Crippen molar-refractivity contribution >= 4 is 5.78 Å². The Balaban J connectivity index is 2.94. The van der Waals surface area contributed by atoms with Gasteiger partial charge >= 0.3 is 0 Å². The summed E-state index contributed by atoms with van der Waals surface area (Å²) in [5, 5.41) is 0. The van der Waals surface area contributed by atoms with E-state index in [2.05, 4.69) is 24.0 Å². The normalized spacial score (nSPS) is 12.9. The van der Waals surface area contributed by atoms with Crippen molar-refractivity contribution in [3.05, 3.63) is 35.4 Å². The minimum atomic E-state index is -0.0000926. The molecular weight excluding hydrogens is 186 g/mol. The van der Waals surface area contributed by atoms with Crippen LogP contribution in [0, 0.1) is 6.92 Å². The van der Waals surface area contributed by atoms with Gasteiger partial charge in [0.2, 0.25) is 0 Å². The predicted molar refractivity (Wildman–Crippen MR) is 63.2 cm³/mol. The summed E-state index contributed by atoms with van der Waals surface area (Å²) < 4.78 is 0. The van der Waals surface area contributed by atoms with E-state index in [-0.39, 0.29) is 11.7 Å². The van der Waals surface area contributed by atoms with Crippen LogP contribution in [0.25, 0.3) is 0 Å². The molecule has 1 unspecified atom stereocenters. The summed E-state index contributed by atoms with van der Waals surface area (Å²) >= 11 is 0. The highest BCUT2D eigenvalue weighted by atomic mass is 16.1. The first-order chi connectivity index (χ1) is 7.00. The summed E-state index contributed by atoms with van der Waals surface area (Å²) in [6.45, 7) is 4.49. The molecule has 1 aromatic rings. The SMILES string of the molecule is CC(=O)C(CN(C)C)c1cccc(C)c1. The molecule has 1 rings (SSSR count). The molecule has 0 aromatic heterocycles. The van der Waals surface area contributed by atoms with Gasteiger partial charge in [0.15, 0.2) is 0 Å². The Labute approximate surface area is 91.9 Å². The van der Waals surface area contributed by atoms with Crippen LogP contribution in [0.5, 0.6) is 0 Å². The standard InChI is InChI=1S/C13H19NO/c1-10-6-5-7-12(8-10)13(11(2)15)9-14(3)4/h5-8,13H,9H2,1-4H3. The average Bonchev–Trinajstić information content (AvgIpc) is 2.13. The maximum Gasteiger partial charge on any atom is 0.138 e. The smallest absolute Gasteiger partial charge is 0.138 e. The average molecular weight is 205 g/mol. The van der Waals surface area contributed by atoms with Gasteiger partial charge in [0.1, 0.15) is 5.78 Å². The number of carbonyl (C=O) groups excluding carboxylic acids is 1. The molecule has 0 fully saturated rings. The number of likely N-dealkylation sites (N-methyl/N-ethyl adjacent to an activating group) is 1. The number of ketones is 1. The van der Waals surface area contributed by atoms with Gasteiger partial charge < -0.3 is 4.90 Å². The van der Waals surface area contributed by atoms with Crippen molar-refractivity contribution in [2.75, 3.05) is 20.6 Å². The molecule has 0 aliphatic carbocycles. The molecule has 82 valence electrons. The van der Waals surface area contributed by atoms with Gasteiger partial charge in [-0.15, -0.1) is 0 Å². The minimum absolute atomic E-state index is 0.0000926. The zero-order valence-corrected chi connectivity index (χ0v) is 9.95. The summed E-state index contributed by atoms with van der Waals surface area (Å²) in [5.74, 6) is 0.231. The van der Waals surface area contributed by atoms with Crippen molar-refractivity contribution < 1.29 is 4.79 Å². The van der Waals surface area contributed by atoms with Gasteiger partial charge in [-0.25, -0.2) is 0 Å². The molecule has 0 radical (unpaired) electrons. The van der Waals surface area contributed by atoms with E-state index in [4.69, 9.17) is 0 Å². The molecule has 1 aromatic carbocycles. The summed E-state index contributed by atoms with van der Waals surface area (Å²) in [6, 6.07) is 8.19. The van der Waals surface area contributed by atoms with Crippen LogP contribution in [0.2, 0.25) is 0 Å². The lowest BCUT2D eigenvalue weighted by molar-refractivity contribution is -0.118. The number of aryl methyl sites for hydroxylation is 1. The highest BCUT2D eigenvalue weighted by molar-refractivity contribution is 5.83. The third-order valence-electron chi connectivity index (χ3n) is 2.48. The van der Waals surface area contributed by atoms with Crippen molar-refractivity contribution in [1.82, 2.24) is 4.90 Å². The maximum atomic E-state index is 11.6. The molecule has 0 amide bonds. The first-order valence-electron chi connectivity index (χ1n) is 5.22. The molecule has 0 saturated carbocycles. The van der Waals surface area contributed by atoms with Gasteiger partial charge in [-0.3, -0.25) is 4.79 Å². The molecule has 0 aliphatic rings. The van der Waals surface area contributed by atoms with Crippen LogP contribution in [-0.2, 0) is 4.79 Å². The van der Waals surface area contributed by atoms with Gasteiger partial charge in [-0.1, -0.05) is 29.8 Å². The highest BCUT2D eigenvalue weighted by Gasteiger charge is 2.17. The van der Waals surface area contributed by atoms with Gasteiger partial charge in [0.05, 0.1) is 5.92 Å². The van der Waals surface area contributed by atoms with E-state index >= 15 is 0 Å². The zero-order chi connectivity index (χ0) is 11.4. The second-order valence-electron chi connectivity index (χ2n) is 4.34. The summed E-state index contributed by atoms with van der Waals surface area (Å²) in [6.07, 6.45) is 0. The van der Waals surface area contributed by atoms with Crippen LogP contribution < -0.4 is 0 Å². The molecule has 15 heavy (non-hydrogen) atoms. The quantitative estimate of drug-likeness (QED) is 0.751. The second kappa shape index (κ2) is 5.08. The van der Waals surface area contributed by atoms with Gasteiger partial charge in [-0.2, -0.15) is 0 Å². The first-order valence-corrected chi connectivity index (χ1v) is 5.22. The zero-order valence-electron chi connectivity index (χ0n) is 9.95. The van der Waals surface area contributed by atoms with E-state index in [1.54, 1.807) is 6.92 Å². The third kappa shape index (κ3) is 3.48. The van der Waals surface area contributed by atoms with E-state index < -0.39 is 0 Å².